The number of imidazole rings is 1. The number of aromatic amines is 1. The number of nitrogens with zero attached hydrogens (tertiary/aromatic N) is 1. The van der Waals surface area contributed by atoms with Gasteiger partial charge in [0.2, 0.25) is 5.91 Å². The van der Waals surface area contributed by atoms with Crippen molar-refractivity contribution in [3.05, 3.63) is 64.1 Å². The molecule has 2 heterocycles. The lowest BCUT2D eigenvalue weighted by Crippen LogP contribution is -2.51. The number of aryl methyl sites for hydroxylation is 1. The Balaban J connectivity index is 1.32. The van der Waals surface area contributed by atoms with Crippen LogP contribution in [-0.4, -0.2) is 32.9 Å². The Hall–Kier alpha value is -3.88. The zero-order valence-electron chi connectivity index (χ0n) is 16.0. The largest absolute Gasteiger partial charge is 0.326 e. The van der Waals surface area contributed by atoms with Crippen molar-refractivity contribution >= 4 is 34.6 Å². The molecule has 1 aliphatic carbocycles. The number of hydrogen-bond donors (Lipinski definition) is 4. The van der Waals surface area contributed by atoms with Crippen LogP contribution in [0.2, 0.25) is 0 Å². The lowest BCUT2D eigenvalue weighted by atomic mass is 9.78. The van der Waals surface area contributed by atoms with E-state index in [0.717, 1.165) is 11.1 Å². The summed E-state index contributed by atoms with van der Waals surface area (Å²) in [4.78, 5) is 51.1. The number of benzene rings is 2. The minimum absolute atomic E-state index is 0.102. The van der Waals surface area contributed by atoms with E-state index >= 15 is 0 Å². The van der Waals surface area contributed by atoms with Gasteiger partial charge in [-0.25, -0.2) is 9.59 Å². The van der Waals surface area contributed by atoms with Crippen LogP contribution in [0.15, 0.2) is 47.3 Å². The van der Waals surface area contributed by atoms with E-state index in [1.165, 1.54) is 4.57 Å². The summed E-state index contributed by atoms with van der Waals surface area (Å²) in [6.07, 6.45) is 1.52. The SMILES string of the molecule is O=C(Cn1c(=O)[nH]c2ccccc21)Nc1ccc2c(c1)CCC1(C2)NC(=O)NC1=O. The number of H-pyrrole nitrogens is 1. The van der Waals surface area contributed by atoms with Gasteiger partial charge in [0.1, 0.15) is 12.1 Å². The first-order valence-corrected chi connectivity index (χ1v) is 9.66. The van der Waals surface area contributed by atoms with Crippen molar-refractivity contribution < 1.29 is 14.4 Å². The molecule has 9 heteroatoms. The number of aromatic nitrogens is 2. The molecule has 1 aliphatic heterocycles. The molecule has 2 aliphatic rings. The Morgan fingerprint density at radius 2 is 1.93 bits per heavy atom. The molecular formula is C21H19N5O4. The average molecular weight is 405 g/mol. The van der Waals surface area contributed by atoms with Crippen LogP contribution in [0.4, 0.5) is 10.5 Å². The van der Waals surface area contributed by atoms with Crippen molar-refractivity contribution in [1.29, 1.82) is 0 Å². The molecule has 30 heavy (non-hydrogen) atoms. The van der Waals surface area contributed by atoms with Crippen LogP contribution in [0, 0.1) is 0 Å². The summed E-state index contributed by atoms with van der Waals surface area (Å²) in [5.41, 5.74) is 2.75. The second-order valence-electron chi connectivity index (χ2n) is 7.73. The Labute approximate surface area is 170 Å². The second-order valence-corrected chi connectivity index (χ2v) is 7.73. The third kappa shape index (κ3) is 2.95. The van der Waals surface area contributed by atoms with Crippen molar-refractivity contribution in [2.45, 2.75) is 31.3 Å². The lowest BCUT2D eigenvalue weighted by molar-refractivity contribution is -0.124. The van der Waals surface area contributed by atoms with Gasteiger partial charge < -0.3 is 15.6 Å². The maximum Gasteiger partial charge on any atom is 0.326 e. The molecule has 5 rings (SSSR count). The van der Waals surface area contributed by atoms with Crippen LogP contribution in [-0.2, 0) is 29.0 Å². The molecule has 3 aromatic rings. The van der Waals surface area contributed by atoms with Crippen molar-refractivity contribution in [2.75, 3.05) is 5.32 Å². The van der Waals surface area contributed by atoms with Gasteiger partial charge in [-0.1, -0.05) is 18.2 Å². The summed E-state index contributed by atoms with van der Waals surface area (Å²) in [6.45, 7) is -0.102. The van der Waals surface area contributed by atoms with E-state index in [4.69, 9.17) is 0 Å². The summed E-state index contributed by atoms with van der Waals surface area (Å²) in [6, 6.07) is 12.3. The molecule has 1 unspecified atom stereocenters. The number of rotatable bonds is 3. The van der Waals surface area contributed by atoms with Gasteiger partial charge in [-0.3, -0.25) is 19.5 Å². The summed E-state index contributed by atoms with van der Waals surface area (Å²) in [5, 5.41) is 7.89. The minimum Gasteiger partial charge on any atom is -0.325 e. The lowest BCUT2D eigenvalue weighted by Gasteiger charge is -2.32. The molecule has 1 saturated heterocycles. The molecule has 1 spiro atoms. The van der Waals surface area contributed by atoms with Crippen molar-refractivity contribution in [1.82, 2.24) is 20.2 Å². The van der Waals surface area contributed by atoms with E-state index in [2.05, 4.69) is 20.9 Å². The summed E-state index contributed by atoms with van der Waals surface area (Å²) in [7, 11) is 0. The van der Waals surface area contributed by atoms with Crippen LogP contribution < -0.4 is 21.6 Å². The summed E-state index contributed by atoms with van der Waals surface area (Å²) < 4.78 is 1.40. The number of carbonyl (C=O) groups excluding carboxylic acids is 3. The van der Waals surface area contributed by atoms with Crippen molar-refractivity contribution in [2.24, 2.45) is 0 Å². The van der Waals surface area contributed by atoms with E-state index in [0.29, 0.717) is 36.0 Å². The highest BCUT2D eigenvalue weighted by molar-refractivity contribution is 6.07. The quantitative estimate of drug-likeness (QED) is 0.486. The smallest absolute Gasteiger partial charge is 0.325 e. The number of hydrogen-bond acceptors (Lipinski definition) is 4. The maximum atomic E-state index is 12.5. The third-order valence-corrected chi connectivity index (χ3v) is 5.80. The number of urea groups is 1. The molecule has 0 radical (unpaired) electrons. The molecule has 0 saturated carbocycles. The van der Waals surface area contributed by atoms with Gasteiger partial charge in [0.15, 0.2) is 0 Å². The molecule has 152 valence electrons. The fourth-order valence-corrected chi connectivity index (χ4v) is 4.31. The molecule has 4 N–H and O–H groups in total. The fraction of sp³-hybridized carbons (Fsp3) is 0.238. The van der Waals surface area contributed by atoms with Gasteiger partial charge in [-0.2, -0.15) is 0 Å². The molecule has 2 aromatic carbocycles. The topological polar surface area (TPSA) is 125 Å². The molecule has 9 nitrogen and oxygen atoms in total. The van der Waals surface area contributed by atoms with Gasteiger partial charge in [-0.15, -0.1) is 0 Å². The van der Waals surface area contributed by atoms with Crippen molar-refractivity contribution in [3.63, 3.8) is 0 Å². The fourth-order valence-electron chi connectivity index (χ4n) is 4.31. The predicted octanol–water partition coefficient (Wildman–Crippen LogP) is 1.04. The Bertz CT molecular complexity index is 1270. The number of fused-ring (bicyclic) bond motifs is 2. The molecule has 1 atom stereocenters. The molecule has 1 fully saturated rings. The minimum atomic E-state index is -0.884. The predicted molar refractivity (Wildman–Crippen MR) is 109 cm³/mol. The van der Waals surface area contributed by atoms with Gasteiger partial charge >= 0.3 is 11.7 Å². The summed E-state index contributed by atoms with van der Waals surface area (Å²) in [5.74, 6) is -0.601. The first-order chi connectivity index (χ1) is 14.4. The second kappa shape index (κ2) is 6.58. The zero-order valence-corrected chi connectivity index (χ0v) is 16.0. The van der Waals surface area contributed by atoms with Gasteiger partial charge in [0, 0.05) is 12.1 Å². The number of carbonyl (C=O) groups is 3. The van der Waals surface area contributed by atoms with E-state index < -0.39 is 11.6 Å². The number of imide groups is 1. The molecule has 1 aromatic heterocycles. The molecule has 0 bridgehead atoms. The normalized spacial score (nSPS) is 20.1. The van der Waals surface area contributed by atoms with Crippen LogP contribution in [0.5, 0.6) is 0 Å². The van der Waals surface area contributed by atoms with Crippen LogP contribution >= 0.6 is 0 Å². The number of amides is 4. The van der Waals surface area contributed by atoms with E-state index in [1.807, 2.05) is 24.3 Å². The van der Waals surface area contributed by atoms with E-state index in [1.54, 1.807) is 18.2 Å². The average Bonchev–Trinajstić information content (AvgIpc) is 3.17. The van der Waals surface area contributed by atoms with E-state index in [-0.39, 0.29) is 24.0 Å². The van der Waals surface area contributed by atoms with Crippen LogP contribution in [0.1, 0.15) is 17.5 Å². The highest BCUT2D eigenvalue weighted by atomic mass is 16.2. The van der Waals surface area contributed by atoms with Crippen LogP contribution in [0.25, 0.3) is 11.0 Å². The third-order valence-electron chi connectivity index (χ3n) is 5.80. The Kier molecular flexibility index (Phi) is 3.99. The zero-order chi connectivity index (χ0) is 20.9. The Morgan fingerprint density at radius 3 is 2.73 bits per heavy atom. The maximum absolute atomic E-state index is 12.5. The standard InChI is InChI=1S/C21H19N5O4/c27-17(11-26-16-4-2-1-3-15(16)23-20(26)30)22-14-6-5-13-10-21(8-7-12(13)9-14)18(28)24-19(29)25-21/h1-6,9H,7-8,10-11H2,(H,22,27)(H,23,30)(H2,24,25,28,29). The highest BCUT2D eigenvalue weighted by Crippen LogP contribution is 2.32. The first-order valence-electron chi connectivity index (χ1n) is 9.66. The monoisotopic (exact) mass is 405 g/mol. The molecular weight excluding hydrogens is 386 g/mol. The number of para-hydroxylation sites is 2. The number of nitrogens with one attached hydrogen (secondary N) is 4. The van der Waals surface area contributed by atoms with Crippen LogP contribution in [0.3, 0.4) is 0 Å². The molecule has 4 amide bonds. The first kappa shape index (κ1) is 18.2. The van der Waals surface area contributed by atoms with Gasteiger partial charge in [0.25, 0.3) is 5.91 Å². The van der Waals surface area contributed by atoms with E-state index in [9.17, 15) is 19.2 Å². The summed E-state index contributed by atoms with van der Waals surface area (Å²) >= 11 is 0. The number of anilines is 1. The highest BCUT2D eigenvalue weighted by Gasteiger charge is 2.47. The van der Waals surface area contributed by atoms with Gasteiger partial charge in [0.05, 0.1) is 11.0 Å². The Morgan fingerprint density at radius 1 is 1.10 bits per heavy atom. The van der Waals surface area contributed by atoms with Gasteiger partial charge in [-0.05, 0) is 48.2 Å². The van der Waals surface area contributed by atoms with Crippen molar-refractivity contribution in [3.8, 4) is 0 Å².